The second-order valence-corrected chi connectivity index (χ2v) is 4.86. The van der Waals surface area contributed by atoms with Crippen LogP contribution in [0.25, 0.3) is 0 Å². The molecular weight excluding hydrogens is 206 g/mol. The van der Waals surface area contributed by atoms with Crippen molar-refractivity contribution in [2.75, 3.05) is 5.32 Å². The molecule has 0 spiro atoms. The van der Waals surface area contributed by atoms with E-state index < -0.39 is 4.92 Å². The number of rotatable bonds is 3. The van der Waals surface area contributed by atoms with Crippen LogP contribution in [-0.4, -0.2) is 15.9 Å². The van der Waals surface area contributed by atoms with E-state index in [9.17, 15) is 10.1 Å². The van der Waals surface area contributed by atoms with Crippen molar-refractivity contribution in [1.29, 1.82) is 0 Å². The van der Waals surface area contributed by atoms with E-state index in [-0.39, 0.29) is 17.1 Å². The predicted octanol–water partition coefficient (Wildman–Crippen LogP) is 2.84. The molecule has 1 N–H and O–H groups in total. The van der Waals surface area contributed by atoms with Crippen molar-refractivity contribution < 1.29 is 4.92 Å². The van der Waals surface area contributed by atoms with Crippen molar-refractivity contribution in [1.82, 2.24) is 4.98 Å². The zero-order chi connectivity index (χ0) is 12.3. The van der Waals surface area contributed by atoms with E-state index in [0.717, 1.165) is 0 Å². The summed E-state index contributed by atoms with van der Waals surface area (Å²) < 4.78 is 0. The van der Waals surface area contributed by atoms with Gasteiger partial charge in [0.15, 0.2) is 0 Å². The number of hydrogen-bond donors (Lipinski definition) is 1. The molecule has 0 radical (unpaired) electrons. The predicted molar refractivity (Wildman–Crippen MR) is 63.4 cm³/mol. The van der Waals surface area contributed by atoms with Gasteiger partial charge in [-0.2, -0.15) is 0 Å². The van der Waals surface area contributed by atoms with Gasteiger partial charge in [0.2, 0.25) is 5.82 Å². The largest absolute Gasteiger partial charge is 0.361 e. The van der Waals surface area contributed by atoms with Gasteiger partial charge in [0.25, 0.3) is 0 Å². The number of nitrogens with one attached hydrogen (secondary N) is 1. The molecule has 5 nitrogen and oxygen atoms in total. The van der Waals surface area contributed by atoms with Crippen LogP contribution in [-0.2, 0) is 0 Å². The third-order valence-electron chi connectivity index (χ3n) is 2.64. The molecule has 0 aliphatic rings. The first-order chi connectivity index (χ1) is 7.32. The van der Waals surface area contributed by atoms with Gasteiger partial charge in [-0.15, -0.1) is 0 Å². The fraction of sp³-hybridized carbons (Fsp3) is 0.545. The van der Waals surface area contributed by atoms with Crippen LogP contribution in [0.5, 0.6) is 0 Å². The van der Waals surface area contributed by atoms with Crippen LogP contribution in [0.15, 0.2) is 18.3 Å². The highest BCUT2D eigenvalue weighted by Gasteiger charge is 2.23. The summed E-state index contributed by atoms with van der Waals surface area (Å²) >= 11 is 0. The second-order valence-electron chi connectivity index (χ2n) is 4.86. The lowest BCUT2D eigenvalue weighted by molar-refractivity contribution is -0.384. The minimum Gasteiger partial charge on any atom is -0.361 e. The third kappa shape index (κ3) is 2.92. The van der Waals surface area contributed by atoms with E-state index in [1.54, 1.807) is 12.3 Å². The Balaban J connectivity index is 2.93. The summed E-state index contributed by atoms with van der Waals surface area (Å²) in [5, 5.41) is 13.9. The van der Waals surface area contributed by atoms with Crippen LogP contribution in [0.3, 0.4) is 0 Å². The number of nitrogens with zero attached hydrogens (tertiary/aromatic N) is 2. The van der Waals surface area contributed by atoms with Gasteiger partial charge in [-0.1, -0.05) is 20.8 Å². The fourth-order valence-electron chi connectivity index (χ4n) is 1.08. The van der Waals surface area contributed by atoms with E-state index in [0.29, 0.717) is 5.82 Å². The maximum absolute atomic E-state index is 10.8. The Morgan fingerprint density at radius 3 is 2.62 bits per heavy atom. The molecule has 1 rings (SSSR count). The van der Waals surface area contributed by atoms with E-state index in [2.05, 4.69) is 31.1 Å². The Kier molecular flexibility index (Phi) is 3.47. The molecule has 0 aliphatic heterocycles. The minimum absolute atomic E-state index is 0.0126. The standard InChI is InChI=1S/C11H17N3O2/c1-8(11(2,3)4)13-10-9(14(15)16)6-5-7-12-10/h5-8H,1-4H3,(H,12,13). The van der Waals surface area contributed by atoms with Crippen molar-refractivity contribution >= 4 is 11.5 Å². The highest BCUT2D eigenvalue weighted by atomic mass is 16.6. The SMILES string of the molecule is CC(Nc1ncccc1[N+](=O)[O-])C(C)(C)C. The van der Waals surface area contributed by atoms with E-state index in [1.807, 2.05) is 6.92 Å². The zero-order valence-corrected chi connectivity index (χ0v) is 10.0. The molecule has 0 aliphatic carbocycles. The highest BCUT2D eigenvalue weighted by molar-refractivity contribution is 5.55. The van der Waals surface area contributed by atoms with Crippen LogP contribution >= 0.6 is 0 Å². The Morgan fingerprint density at radius 2 is 2.12 bits per heavy atom. The molecule has 5 heteroatoms. The maximum Gasteiger partial charge on any atom is 0.311 e. The van der Waals surface area contributed by atoms with Crippen LogP contribution in [0.1, 0.15) is 27.7 Å². The molecule has 0 amide bonds. The average Bonchev–Trinajstić information content (AvgIpc) is 2.16. The number of aromatic nitrogens is 1. The van der Waals surface area contributed by atoms with Gasteiger partial charge in [-0.3, -0.25) is 10.1 Å². The molecule has 0 bridgehead atoms. The van der Waals surface area contributed by atoms with Crippen molar-refractivity contribution in [2.45, 2.75) is 33.7 Å². The quantitative estimate of drug-likeness (QED) is 0.632. The first kappa shape index (κ1) is 12.4. The number of nitro groups is 1. The molecule has 0 saturated carbocycles. The molecule has 88 valence electrons. The summed E-state index contributed by atoms with van der Waals surface area (Å²) in [5.74, 6) is 0.329. The van der Waals surface area contributed by atoms with Crippen molar-refractivity contribution in [2.24, 2.45) is 5.41 Å². The summed E-state index contributed by atoms with van der Waals surface area (Å²) in [6.45, 7) is 8.19. The summed E-state index contributed by atoms with van der Waals surface area (Å²) in [7, 11) is 0. The van der Waals surface area contributed by atoms with Gasteiger partial charge in [-0.05, 0) is 18.4 Å². The molecule has 0 fully saturated rings. The Labute approximate surface area is 95.0 Å². The van der Waals surface area contributed by atoms with Crippen LogP contribution in [0.2, 0.25) is 0 Å². The molecule has 1 aromatic heterocycles. The minimum atomic E-state index is -0.426. The molecule has 1 unspecified atom stereocenters. The topological polar surface area (TPSA) is 68.1 Å². The third-order valence-corrected chi connectivity index (χ3v) is 2.64. The summed E-state index contributed by atoms with van der Waals surface area (Å²) in [5.41, 5.74) is 0.0318. The molecular formula is C11H17N3O2. The summed E-state index contributed by atoms with van der Waals surface area (Å²) in [6, 6.07) is 3.11. The Hall–Kier alpha value is -1.65. The highest BCUT2D eigenvalue weighted by Crippen LogP contribution is 2.26. The van der Waals surface area contributed by atoms with Crippen molar-refractivity contribution in [3.63, 3.8) is 0 Å². The van der Waals surface area contributed by atoms with Crippen LogP contribution in [0.4, 0.5) is 11.5 Å². The maximum atomic E-state index is 10.8. The van der Waals surface area contributed by atoms with Gasteiger partial charge >= 0.3 is 5.69 Å². The smallest absolute Gasteiger partial charge is 0.311 e. The van der Waals surface area contributed by atoms with Gasteiger partial charge in [0.1, 0.15) is 0 Å². The summed E-state index contributed by atoms with van der Waals surface area (Å²) in [4.78, 5) is 14.4. The first-order valence-electron chi connectivity index (χ1n) is 5.18. The number of pyridine rings is 1. The van der Waals surface area contributed by atoms with Gasteiger partial charge < -0.3 is 5.32 Å². The Bertz CT molecular complexity index is 385. The molecule has 0 aromatic carbocycles. The van der Waals surface area contributed by atoms with Crippen LogP contribution in [0, 0.1) is 15.5 Å². The lowest BCUT2D eigenvalue weighted by Gasteiger charge is -2.28. The zero-order valence-electron chi connectivity index (χ0n) is 10.0. The van der Waals surface area contributed by atoms with E-state index in [4.69, 9.17) is 0 Å². The summed E-state index contributed by atoms with van der Waals surface area (Å²) in [6.07, 6.45) is 1.55. The molecule has 16 heavy (non-hydrogen) atoms. The monoisotopic (exact) mass is 223 g/mol. The molecule has 1 aromatic rings. The van der Waals surface area contributed by atoms with Gasteiger partial charge in [0.05, 0.1) is 4.92 Å². The van der Waals surface area contributed by atoms with Crippen molar-refractivity contribution in [3.8, 4) is 0 Å². The van der Waals surface area contributed by atoms with Gasteiger partial charge in [0, 0.05) is 18.3 Å². The lowest BCUT2D eigenvalue weighted by Crippen LogP contribution is -2.31. The average molecular weight is 223 g/mol. The first-order valence-corrected chi connectivity index (χ1v) is 5.18. The number of hydrogen-bond acceptors (Lipinski definition) is 4. The second kappa shape index (κ2) is 4.47. The number of anilines is 1. The molecule has 1 heterocycles. The fourth-order valence-corrected chi connectivity index (χ4v) is 1.08. The van der Waals surface area contributed by atoms with Crippen molar-refractivity contribution in [3.05, 3.63) is 28.4 Å². The van der Waals surface area contributed by atoms with Crippen LogP contribution < -0.4 is 5.32 Å². The molecule has 1 atom stereocenters. The molecule has 0 saturated heterocycles. The lowest BCUT2D eigenvalue weighted by atomic mass is 9.88. The van der Waals surface area contributed by atoms with E-state index >= 15 is 0 Å². The normalized spacial score (nSPS) is 13.2. The van der Waals surface area contributed by atoms with Gasteiger partial charge in [-0.25, -0.2) is 4.98 Å². The van der Waals surface area contributed by atoms with E-state index in [1.165, 1.54) is 6.07 Å². The Morgan fingerprint density at radius 1 is 1.50 bits per heavy atom.